The summed E-state index contributed by atoms with van der Waals surface area (Å²) in [5.74, 6) is -1.42. The molecular formula is C48H85N7O16. The Labute approximate surface area is 418 Å². The predicted molar refractivity (Wildman–Crippen MR) is 257 cm³/mol. The van der Waals surface area contributed by atoms with E-state index in [4.69, 9.17) is 38.9 Å². The number of hydrogen-bond acceptors (Lipinski definition) is 18. The zero-order chi connectivity index (χ0) is 53.6. The fourth-order valence-corrected chi connectivity index (χ4v) is 9.16. The number of nitrogens with one attached hydrogen (secondary N) is 5. The third-order valence-electron chi connectivity index (χ3n) is 12.2. The third kappa shape index (κ3) is 18.0. The van der Waals surface area contributed by atoms with Gasteiger partial charge in [0.1, 0.15) is 58.2 Å². The number of aliphatic hydroxyl groups is 4. The van der Waals surface area contributed by atoms with Crippen LogP contribution in [-0.4, -0.2) is 184 Å². The van der Waals surface area contributed by atoms with E-state index >= 15 is 0 Å². The van der Waals surface area contributed by atoms with Crippen molar-refractivity contribution >= 4 is 30.3 Å². The largest absolute Gasteiger partial charge is 0.492 e. The minimum atomic E-state index is -1.84. The van der Waals surface area contributed by atoms with Crippen LogP contribution in [0.3, 0.4) is 0 Å². The highest BCUT2D eigenvalue weighted by atomic mass is 16.7. The molecule has 2 aliphatic carbocycles. The third-order valence-corrected chi connectivity index (χ3v) is 12.2. The molecule has 4 aliphatic rings. The van der Waals surface area contributed by atoms with Crippen LogP contribution in [-0.2, 0) is 38.0 Å². The first-order valence-electron chi connectivity index (χ1n) is 24.6. The second-order valence-corrected chi connectivity index (χ2v) is 23.5. The van der Waals surface area contributed by atoms with Gasteiger partial charge in [-0.3, -0.25) is 4.79 Å². The predicted octanol–water partition coefficient (Wildman–Crippen LogP) is 2.00. The standard InChI is InChI=1S/C48H85N7O16/c1-44(2,3)68-40(60)50-18-17-31(56)38(59)53-30-21-29(54-42(62)70-46(7,8)9)32(33(57)36(30)67-39-34(58)37(48(13,64)24-65-39)55(14)43(63)71-47(10,11)12)35-28(16-15-27(22-49)66-35)51-23-25-19-26(20-25)52-41(61)69-45(4,5)6/h15,25-26,28-37,39,51,56-58,64H,16-24,49H2,1-14H3,(H,50,60)(H,52,61)(H,53,59)(H,54,62)/t25?,26?,28-,29+,30-,31+,32?,33+,34-,35+,36+,37-,39-,48+/m1/s1. The zero-order valence-electron chi connectivity index (χ0n) is 44.2. The molecule has 2 heterocycles. The van der Waals surface area contributed by atoms with Crippen LogP contribution in [0.2, 0.25) is 0 Å². The lowest BCUT2D eigenvalue weighted by Gasteiger charge is -2.52. The van der Waals surface area contributed by atoms with Crippen molar-refractivity contribution in [1.29, 1.82) is 0 Å². The molecule has 1 unspecified atom stereocenters. The van der Waals surface area contributed by atoms with Crippen LogP contribution in [0.15, 0.2) is 11.8 Å². The molecule has 5 amide bonds. The number of hydrogen-bond donors (Lipinski definition) is 10. The lowest BCUT2D eigenvalue weighted by molar-refractivity contribution is -0.306. The molecular weight excluding hydrogens is 931 g/mol. The van der Waals surface area contributed by atoms with Gasteiger partial charge in [-0.05, 0) is 141 Å². The quantitative estimate of drug-likeness (QED) is 0.105. The van der Waals surface area contributed by atoms with Gasteiger partial charge in [-0.2, -0.15) is 0 Å². The molecule has 71 heavy (non-hydrogen) atoms. The van der Waals surface area contributed by atoms with Gasteiger partial charge in [0, 0.05) is 37.6 Å². The topological polar surface area (TPSA) is 320 Å². The van der Waals surface area contributed by atoms with E-state index in [-0.39, 0.29) is 37.9 Å². The molecule has 0 radical (unpaired) electrons. The van der Waals surface area contributed by atoms with Gasteiger partial charge < -0.3 is 90.8 Å². The number of amides is 5. The van der Waals surface area contributed by atoms with Gasteiger partial charge in [0.2, 0.25) is 5.91 Å². The number of aliphatic hydroxyl groups excluding tert-OH is 3. The fourth-order valence-electron chi connectivity index (χ4n) is 9.16. The molecule has 4 rings (SSSR count). The summed E-state index contributed by atoms with van der Waals surface area (Å²) >= 11 is 0. The zero-order valence-corrected chi connectivity index (χ0v) is 44.2. The Morgan fingerprint density at radius 2 is 1.37 bits per heavy atom. The average Bonchev–Trinajstić information content (AvgIpc) is 3.18. The minimum Gasteiger partial charge on any atom is -0.492 e. The highest BCUT2D eigenvalue weighted by molar-refractivity contribution is 5.81. The Balaban J connectivity index is 1.70. The van der Waals surface area contributed by atoms with Crippen LogP contribution in [0.5, 0.6) is 0 Å². The van der Waals surface area contributed by atoms with Crippen LogP contribution in [0.25, 0.3) is 0 Å². The number of nitrogens with two attached hydrogens (primary N) is 1. The van der Waals surface area contributed by atoms with Crippen LogP contribution < -0.4 is 32.3 Å². The Kier molecular flexibility index (Phi) is 19.9. The Bertz CT molecular complexity index is 1850. The summed E-state index contributed by atoms with van der Waals surface area (Å²) in [7, 11) is 1.34. The molecule has 0 spiro atoms. The summed E-state index contributed by atoms with van der Waals surface area (Å²) in [6.45, 7) is 21.7. The van der Waals surface area contributed by atoms with Crippen molar-refractivity contribution in [3.63, 3.8) is 0 Å². The summed E-state index contributed by atoms with van der Waals surface area (Å²) in [5.41, 5.74) is 0.984. The van der Waals surface area contributed by atoms with E-state index in [2.05, 4.69) is 26.6 Å². The highest BCUT2D eigenvalue weighted by Gasteiger charge is 2.56. The molecule has 2 aliphatic heterocycles. The van der Waals surface area contributed by atoms with Gasteiger partial charge in [-0.15, -0.1) is 0 Å². The van der Waals surface area contributed by atoms with Gasteiger partial charge in [-0.1, -0.05) is 0 Å². The molecule has 408 valence electrons. The van der Waals surface area contributed by atoms with E-state index in [9.17, 15) is 44.4 Å². The maximum Gasteiger partial charge on any atom is 0.410 e. The lowest BCUT2D eigenvalue weighted by atomic mass is 9.71. The summed E-state index contributed by atoms with van der Waals surface area (Å²) in [5, 5.41) is 62.1. The maximum absolute atomic E-state index is 13.9. The van der Waals surface area contributed by atoms with Crippen molar-refractivity contribution in [2.24, 2.45) is 17.6 Å². The van der Waals surface area contributed by atoms with Crippen LogP contribution in [0.1, 0.15) is 122 Å². The van der Waals surface area contributed by atoms with E-state index in [0.717, 1.165) is 4.90 Å². The number of carbonyl (C=O) groups excluding carboxylic acids is 5. The number of nitrogens with zero attached hydrogens (tertiary/aromatic N) is 1. The van der Waals surface area contributed by atoms with E-state index in [1.165, 1.54) is 14.0 Å². The number of ether oxygens (including phenoxy) is 7. The summed E-state index contributed by atoms with van der Waals surface area (Å²) in [6, 6.07) is -4.24. The van der Waals surface area contributed by atoms with Gasteiger partial charge in [-0.25, -0.2) is 19.2 Å². The molecule has 3 fully saturated rings. The van der Waals surface area contributed by atoms with Crippen molar-refractivity contribution in [2.75, 3.05) is 33.3 Å². The number of alkyl carbamates (subject to hydrolysis) is 3. The Hall–Kier alpha value is -4.23. The smallest absolute Gasteiger partial charge is 0.410 e. The molecule has 2 saturated carbocycles. The highest BCUT2D eigenvalue weighted by Crippen LogP contribution is 2.39. The monoisotopic (exact) mass is 1020 g/mol. The van der Waals surface area contributed by atoms with Crippen LogP contribution >= 0.6 is 0 Å². The molecule has 11 N–H and O–H groups in total. The fraction of sp³-hybridized carbons (Fsp3) is 0.854. The molecule has 23 heteroatoms. The first-order valence-corrected chi connectivity index (χ1v) is 24.6. The maximum atomic E-state index is 13.9. The van der Waals surface area contributed by atoms with Crippen molar-refractivity contribution in [1.82, 2.24) is 31.5 Å². The first kappa shape index (κ1) is 59.3. The van der Waals surface area contributed by atoms with Crippen LogP contribution in [0.4, 0.5) is 19.2 Å². The molecule has 0 aromatic rings. The molecule has 12 atom stereocenters. The van der Waals surface area contributed by atoms with Crippen LogP contribution in [0, 0.1) is 11.8 Å². The van der Waals surface area contributed by atoms with Crippen molar-refractivity contribution in [3.05, 3.63) is 11.8 Å². The second kappa shape index (κ2) is 23.8. The van der Waals surface area contributed by atoms with E-state index in [1.807, 2.05) is 6.08 Å². The van der Waals surface area contributed by atoms with Gasteiger partial charge in [0.05, 0.1) is 31.3 Å². The minimum absolute atomic E-state index is 0.00467. The number of carbonyl (C=O) groups is 5. The molecule has 1 saturated heterocycles. The molecule has 0 aromatic carbocycles. The van der Waals surface area contributed by atoms with E-state index < -0.39 is 132 Å². The molecule has 0 aromatic heterocycles. The lowest BCUT2D eigenvalue weighted by Crippen LogP contribution is -2.71. The first-order chi connectivity index (χ1) is 32.6. The van der Waals surface area contributed by atoms with Crippen molar-refractivity contribution in [3.8, 4) is 0 Å². The van der Waals surface area contributed by atoms with Gasteiger partial charge >= 0.3 is 24.4 Å². The second-order valence-electron chi connectivity index (χ2n) is 23.5. The van der Waals surface area contributed by atoms with Crippen molar-refractivity contribution in [2.45, 2.75) is 217 Å². The summed E-state index contributed by atoms with van der Waals surface area (Å²) in [6.07, 6.45) is -9.02. The Morgan fingerprint density at radius 1 is 0.803 bits per heavy atom. The van der Waals surface area contributed by atoms with Crippen molar-refractivity contribution < 1.29 is 77.6 Å². The molecule has 23 nitrogen and oxygen atoms in total. The number of likely N-dealkylation sites (N-methyl/N-ethyl adjacent to an activating group) is 1. The Morgan fingerprint density at radius 3 is 1.93 bits per heavy atom. The summed E-state index contributed by atoms with van der Waals surface area (Å²) < 4.78 is 40.9. The van der Waals surface area contributed by atoms with Gasteiger partial charge in [0.25, 0.3) is 0 Å². The number of rotatable bonds is 15. The normalized spacial score (nSPS) is 31.8. The summed E-state index contributed by atoms with van der Waals surface area (Å²) in [4.78, 5) is 66.7. The molecule has 0 bridgehead atoms. The SMILES string of the molecule is CN(C(=O)OC(C)(C)C)[C@@H]1[C@@H](O)[C@@H](O[C@H]2[C@H](NC(=O)[C@@H](O)CCNC(=O)OC(C)(C)C)C[C@H](NC(=O)OC(C)(C)C)C([C@H]3OC(CN)=CC[C@H]3NCC3CC(NC(=O)OC(C)(C)C)C3)[C@@H]2O)OC[C@]1(C)O. The average molecular weight is 1020 g/mol. The van der Waals surface area contributed by atoms with E-state index in [0.29, 0.717) is 31.6 Å². The van der Waals surface area contributed by atoms with Gasteiger partial charge in [0.15, 0.2) is 6.29 Å². The van der Waals surface area contributed by atoms with E-state index in [1.54, 1.807) is 83.1 Å².